The third-order valence-electron chi connectivity index (χ3n) is 6.11. The molecule has 0 saturated carbocycles. The number of benzene rings is 2. The van der Waals surface area contributed by atoms with Crippen LogP contribution in [0.15, 0.2) is 71.2 Å². The Labute approximate surface area is 199 Å². The normalized spacial score (nSPS) is 16.1. The molecular weight excluding hydrogens is 441 g/mol. The highest BCUT2D eigenvalue weighted by atomic mass is 32.2. The largest absolute Gasteiger partial charge is 0.416 e. The van der Waals surface area contributed by atoms with Gasteiger partial charge in [0.2, 0.25) is 0 Å². The molecule has 0 N–H and O–H groups in total. The molecule has 0 saturated heterocycles. The number of aryl methyl sites for hydroxylation is 1. The highest BCUT2D eigenvalue weighted by molar-refractivity contribution is 8.02. The van der Waals surface area contributed by atoms with Crippen LogP contribution < -0.4 is 0 Å². The minimum atomic E-state index is -4.31. The fourth-order valence-corrected chi connectivity index (χ4v) is 5.16. The molecule has 0 fully saturated rings. The monoisotopic (exact) mass is 472 g/mol. The number of halogens is 3. The van der Waals surface area contributed by atoms with E-state index < -0.39 is 11.7 Å². The molecule has 2 aromatic rings. The summed E-state index contributed by atoms with van der Waals surface area (Å²) in [6.07, 6.45) is 3.44. The minimum Gasteiger partial charge on any atom is -0.295 e. The van der Waals surface area contributed by atoms with E-state index in [-0.39, 0.29) is 6.04 Å². The molecule has 0 bridgehead atoms. The second-order valence-corrected chi connectivity index (χ2v) is 9.39. The first-order chi connectivity index (χ1) is 15.8. The molecule has 2 nitrogen and oxygen atoms in total. The third-order valence-corrected chi connectivity index (χ3v) is 7.37. The van der Waals surface area contributed by atoms with Crippen LogP contribution in [0.4, 0.5) is 13.2 Å². The maximum absolute atomic E-state index is 12.8. The second-order valence-electron chi connectivity index (χ2n) is 8.34. The predicted molar refractivity (Wildman–Crippen MR) is 134 cm³/mol. The van der Waals surface area contributed by atoms with Crippen LogP contribution in [-0.2, 0) is 31.2 Å². The van der Waals surface area contributed by atoms with Crippen LogP contribution >= 0.6 is 11.8 Å². The van der Waals surface area contributed by atoms with Gasteiger partial charge in [-0.05, 0) is 73.7 Å². The Bertz CT molecular complexity index is 980. The number of hydrogen-bond acceptors (Lipinski definition) is 3. The van der Waals surface area contributed by atoms with Gasteiger partial charge in [0, 0.05) is 36.0 Å². The van der Waals surface area contributed by atoms with E-state index >= 15 is 0 Å². The lowest BCUT2D eigenvalue weighted by Crippen LogP contribution is -2.36. The second kappa shape index (κ2) is 11.7. The van der Waals surface area contributed by atoms with Crippen molar-refractivity contribution in [2.45, 2.75) is 50.6 Å². The summed E-state index contributed by atoms with van der Waals surface area (Å²) in [5.74, 6) is 0.588. The van der Waals surface area contributed by atoms with E-state index in [4.69, 9.17) is 0 Å². The summed E-state index contributed by atoms with van der Waals surface area (Å²) in [5.41, 5.74) is 4.43. The average Bonchev–Trinajstić information content (AvgIpc) is 3.02. The average molecular weight is 473 g/mol. The summed E-state index contributed by atoms with van der Waals surface area (Å²) < 4.78 is 38.4. The maximum Gasteiger partial charge on any atom is 0.416 e. The molecule has 0 aromatic heterocycles. The number of nitrogens with zero attached hydrogens (tertiary/aromatic N) is 2. The number of fused-ring (bicyclic) bond motifs is 1. The molecule has 1 aliphatic rings. The highest BCUT2D eigenvalue weighted by Gasteiger charge is 2.30. The lowest BCUT2D eigenvalue weighted by Gasteiger charge is -2.29. The lowest BCUT2D eigenvalue weighted by atomic mass is 9.98. The van der Waals surface area contributed by atoms with Crippen LogP contribution in [0.1, 0.15) is 41.2 Å². The number of aliphatic imine (C=N–C) groups is 1. The summed E-state index contributed by atoms with van der Waals surface area (Å²) in [6.45, 7) is 11.5. The van der Waals surface area contributed by atoms with Crippen molar-refractivity contribution < 1.29 is 13.2 Å². The van der Waals surface area contributed by atoms with Crippen LogP contribution in [-0.4, -0.2) is 30.7 Å². The van der Waals surface area contributed by atoms with Gasteiger partial charge in [0.25, 0.3) is 0 Å². The summed E-state index contributed by atoms with van der Waals surface area (Å²) in [6, 6.07) is 12.4. The van der Waals surface area contributed by atoms with E-state index in [0.29, 0.717) is 5.75 Å². The number of allylic oxidation sites excluding steroid dienone is 1. The minimum absolute atomic E-state index is 0.157. The molecule has 6 heteroatoms. The van der Waals surface area contributed by atoms with Crippen LogP contribution in [0.25, 0.3) is 0 Å². The van der Waals surface area contributed by atoms with Gasteiger partial charge in [-0.3, -0.25) is 9.89 Å². The molecule has 0 amide bonds. The maximum atomic E-state index is 12.8. The van der Waals surface area contributed by atoms with Crippen molar-refractivity contribution in [3.8, 4) is 0 Å². The highest BCUT2D eigenvalue weighted by Crippen LogP contribution is 2.32. The molecular formula is C27H31F3N2S. The summed E-state index contributed by atoms with van der Waals surface area (Å²) >= 11 is 1.61. The predicted octanol–water partition coefficient (Wildman–Crippen LogP) is 7.09. The molecule has 0 spiro atoms. The first-order valence-electron chi connectivity index (χ1n) is 11.2. The van der Waals surface area contributed by atoms with Gasteiger partial charge < -0.3 is 0 Å². The van der Waals surface area contributed by atoms with E-state index in [9.17, 15) is 13.2 Å². The van der Waals surface area contributed by atoms with E-state index in [2.05, 4.69) is 48.3 Å². The van der Waals surface area contributed by atoms with E-state index in [0.717, 1.165) is 61.4 Å². The molecule has 3 rings (SSSR count). The summed E-state index contributed by atoms with van der Waals surface area (Å²) in [4.78, 5) is 7.53. The zero-order valence-corrected chi connectivity index (χ0v) is 19.9. The third kappa shape index (κ3) is 7.08. The topological polar surface area (TPSA) is 15.6 Å². The molecule has 1 heterocycles. The Hall–Kier alpha value is -2.31. The van der Waals surface area contributed by atoms with Crippen LogP contribution in [0, 0.1) is 0 Å². The zero-order chi connectivity index (χ0) is 23.8. The van der Waals surface area contributed by atoms with Crippen LogP contribution in [0.2, 0.25) is 0 Å². The van der Waals surface area contributed by atoms with Crippen molar-refractivity contribution in [2.24, 2.45) is 4.99 Å². The van der Waals surface area contributed by atoms with Crippen molar-refractivity contribution >= 4 is 18.5 Å². The standard InChI is InChI=1S/C27H31F3N2S/c1-4-5-6-21-7-10-23-13-15-32(16-14-24(23)17-21)20(2)26(18-31-3)33-19-22-8-11-25(12-9-22)27(28,29)30/h4,7-12,17-18,20H,1,3,5-6,13-16,19H2,2H3/b26-18-. The van der Waals surface area contributed by atoms with Gasteiger partial charge in [-0.15, -0.1) is 18.3 Å². The lowest BCUT2D eigenvalue weighted by molar-refractivity contribution is -0.137. The number of rotatable bonds is 9. The molecule has 2 aromatic carbocycles. The summed E-state index contributed by atoms with van der Waals surface area (Å²) in [7, 11) is 0. The zero-order valence-electron chi connectivity index (χ0n) is 19.1. The quantitative estimate of drug-likeness (QED) is 0.286. The Kier molecular flexibility index (Phi) is 8.98. The Morgan fingerprint density at radius 3 is 2.39 bits per heavy atom. The smallest absolute Gasteiger partial charge is 0.295 e. The number of alkyl halides is 3. The van der Waals surface area contributed by atoms with Gasteiger partial charge in [0.1, 0.15) is 0 Å². The Morgan fingerprint density at radius 2 is 1.76 bits per heavy atom. The van der Waals surface area contributed by atoms with Crippen molar-refractivity contribution in [2.75, 3.05) is 13.1 Å². The fraction of sp³-hybridized carbons (Fsp3) is 0.370. The van der Waals surface area contributed by atoms with Gasteiger partial charge in [-0.1, -0.05) is 36.4 Å². The Balaban J connectivity index is 1.63. The van der Waals surface area contributed by atoms with Crippen LogP contribution in [0.5, 0.6) is 0 Å². The van der Waals surface area contributed by atoms with Gasteiger partial charge in [-0.25, -0.2) is 0 Å². The molecule has 33 heavy (non-hydrogen) atoms. The molecule has 176 valence electrons. The van der Waals surface area contributed by atoms with Crippen molar-refractivity contribution in [1.29, 1.82) is 0 Å². The van der Waals surface area contributed by atoms with E-state index in [1.165, 1.54) is 16.7 Å². The molecule has 1 unspecified atom stereocenters. The first-order valence-corrected chi connectivity index (χ1v) is 12.2. The van der Waals surface area contributed by atoms with Gasteiger partial charge in [0.05, 0.1) is 5.56 Å². The van der Waals surface area contributed by atoms with Gasteiger partial charge in [0.15, 0.2) is 0 Å². The molecule has 1 atom stereocenters. The van der Waals surface area contributed by atoms with E-state index in [1.807, 2.05) is 6.08 Å². The first kappa shape index (κ1) is 25.3. The number of thioether (sulfide) groups is 1. The molecule has 0 aliphatic carbocycles. The fourth-order valence-electron chi connectivity index (χ4n) is 4.10. The van der Waals surface area contributed by atoms with E-state index in [1.54, 1.807) is 30.1 Å². The molecule has 1 aliphatic heterocycles. The van der Waals surface area contributed by atoms with Gasteiger partial charge in [-0.2, -0.15) is 13.2 Å². The SMILES string of the molecule is C=CCCc1ccc2c(c1)CCN(C(C)/C(=C/N=C)SCc1ccc(C(F)(F)F)cc1)CC2. The molecule has 0 radical (unpaired) electrons. The summed E-state index contributed by atoms with van der Waals surface area (Å²) in [5, 5.41) is 0. The van der Waals surface area contributed by atoms with Crippen LogP contribution in [0.3, 0.4) is 0 Å². The van der Waals surface area contributed by atoms with Gasteiger partial charge >= 0.3 is 6.18 Å². The number of hydrogen-bond donors (Lipinski definition) is 0. The van der Waals surface area contributed by atoms with Crippen molar-refractivity contribution in [3.63, 3.8) is 0 Å². The Morgan fingerprint density at radius 1 is 1.09 bits per heavy atom. The van der Waals surface area contributed by atoms with Crippen molar-refractivity contribution in [3.05, 3.63) is 94.0 Å². The van der Waals surface area contributed by atoms with Crippen molar-refractivity contribution in [1.82, 2.24) is 4.90 Å².